The monoisotopic (exact) mass is 354 g/mol. The van der Waals surface area contributed by atoms with Crippen molar-refractivity contribution < 1.29 is 14.4 Å². The lowest BCUT2D eigenvalue weighted by Gasteiger charge is -2.18. The normalized spacial score (nSPS) is 11.7. The number of rotatable bonds is 7. The molecular weight excluding hydrogens is 332 g/mol. The number of carbonyl (C=O) groups excluding carboxylic acids is 3. The molecule has 0 saturated heterocycles. The second-order valence-electron chi connectivity index (χ2n) is 6.32. The number of hydrogen-bond donors (Lipinski definition) is 2. The van der Waals surface area contributed by atoms with Crippen molar-refractivity contribution in [2.45, 2.75) is 32.7 Å². The Bertz CT molecular complexity index is 748. The number of benzene rings is 1. The standard InChI is InChI=1S/C19H22N4O3/c1-13(2)10-17(24)23-18(25)15(11-14-6-4-3-5-7-14)22-19(26)16-12-20-8-9-21-16/h3-9,12-13,15H,10-11H2,1-2H3,(H,22,26)(H,23,24,25)/t15-/m0/s1. The van der Waals surface area contributed by atoms with Crippen LogP contribution < -0.4 is 10.6 Å². The quantitative estimate of drug-likeness (QED) is 0.785. The maximum absolute atomic E-state index is 12.5. The zero-order valence-corrected chi connectivity index (χ0v) is 14.8. The topological polar surface area (TPSA) is 101 Å². The lowest BCUT2D eigenvalue weighted by molar-refractivity contribution is -0.131. The van der Waals surface area contributed by atoms with Crippen molar-refractivity contribution in [2.24, 2.45) is 5.92 Å². The molecule has 0 bridgehead atoms. The van der Waals surface area contributed by atoms with E-state index in [9.17, 15) is 14.4 Å². The molecule has 1 heterocycles. The molecule has 0 aliphatic rings. The van der Waals surface area contributed by atoms with Gasteiger partial charge in [-0.25, -0.2) is 4.98 Å². The molecule has 1 aromatic carbocycles. The smallest absolute Gasteiger partial charge is 0.272 e. The van der Waals surface area contributed by atoms with Gasteiger partial charge in [-0.3, -0.25) is 24.7 Å². The number of hydrogen-bond acceptors (Lipinski definition) is 5. The first-order valence-corrected chi connectivity index (χ1v) is 8.40. The highest BCUT2D eigenvalue weighted by molar-refractivity contribution is 6.01. The number of amides is 3. The highest BCUT2D eigenvalue weighted by Crippen LogP contribution is 2.05. The largest absolute Gasteiger partial charge is 0.338 e. The molecule has 0 aliphatic heterocycles. The lowest BCUT2D eigenvalue weighted by atomic mass is 10.0. The van der Waals surface area contributed by atoms with Gasteiger partial charge in [-0.2, -0.15) is 0 Å². The maximum atomic E-state index is 12.5. The Balaban J connectivity index is 2.11. The third-order valence-corrected chi connectivity index (χ3v) is 3.56. The first kappa shape index (κ1) is 19.2. The van der Waals surface area contributed by atoms with Crippen LogP contribution in [0.25, 0.3) is 0 Å². The first-order valence-electron chi connectivity index (χ1n) is 8.40. The highest BCUT2D eigenvalue weighted by Gasteiger charge is 2.24. The molecule has 0 fully saturated rings. The summed E-state index contributed by atoms with van der Waals surface area (Å²) in [7, 11) is 0. The zero-order valence-electron chi connectivity index (χ0n) is 14.8. The second-order valence-corrected chi connectivity index (χ2v) is 6.32. The second kappa shape index (κ2) is 9.41. The molecule has 0 aliphatic carbocycles. The summed E-state index contributed by atoms with van der Waals surface area (Å²) in [6.45, 7) is 3.78. The summed E-state index contributed by atoms with van der Waals surface area (Å²) >= 11 is 0. The van der Waals surface area contributed by atoms with Crippen LogP contribution in [0.4, 0.5) is 0 Å². The summed E-state index contributed by atoms with van der Waals surface area (Å²) < 4.78 is 0. The maximum Gasteiger partial charge on any atom is 0.272 e. The van der Waals surface area contributed by atoms with Gasteiger partial charge in [0.25, 0.3) is 5.91 Å². The van der Waals surface area contributed by atoms with Crippen LogP contribution in [0.2, 0.25) is 0 Å². The summed E-state index contributed by atoms with van der Waals surface area (Å²) in [4.78, 5) is 44.5. The molecule has 2 N–H and O–H groups in total. The van der Waals surface area contributed by atoms with E-state index in [4.69, 9.17) is 0 Å². The van der Waals surface area contributed by atoms with Crippen LogP contribution in [-0.2, 0) is 16.0 Å². The van der Waals surface area contributed by atoms with Gasteiger partial charge >= 0.3 is 0 Å². The lowest BCUT2D eigenvalue weighted by Crippen LogP contribution is -2.49. The van der Waals surface area contributed by atoms with E-state index in [-0.39, 0.29) is 30.4 Å². The summed E-state index contributed by atoms with van der Waals surface area (Å²) in [5.74, 6) is -1.30. The fourth-order valence-corrected chi connectivity index (χ4v) is 2.35. The summed E-state index contributed by atoms with van der Waals surface area (Å²) in [6, 6.07) is 8.36. The van der Waals surface area contributed by atoms with Gasteiger partial charge in [0.1, 0.15) is 11.7 Å². The van der Waals surface area contributed by atoms with E-state index in [1.165, 1.54) is 18.6 Å². The third kappa shape index (κ3) is 6.08. The molecule has 7 heteroatoms. The van der Waals surface area contributed by atoms with Crippen LogP contribution in [0.1, 0.15) is 36.3 Å². The van der Waals surface area contributed by atoms with Gasteiger partial charge < -0.3 is 5.32 Å². The van der Waals surface area contributed by atoms with Gasteiger partial charge in [0, 0.05) is 25.2 Å². The van der Waals surface area contributed by atoms with E-state index in [0.717, 1.165) is 5.56 Å². The minimum atomic E-state index is -0.900. The predicted octanol–water partition coefficient (Wildman–Crippen LogP) is 1.51. The van der Waals surface area contributed by atoms with Crippen LogP contribution in [0.3, 0.4) is 0 Å². The molecular formula is C19H22N4O3. The van der Waals surface area contributed by atoms with Crippen molar-refractivity contribution in [3.05, 3.63) is 60.2 Å². The van der Waals surface area contributed by atoms with E-state index in [0.29, 0.717) is 0 Å². The summed E-state index contributed by atoms with van der Waals surface area (Å²) in [5, 5.41) is 4.99. The molecule has 0 unspecified atom stereocenters. The van der Waals surface area contributed by atoms with Gasteiger partial charge in [0.05, 0.1) is 6.20 Å². The molecule has 1 atom stereocenters. The van der Waals surface area contributed by atoms with Gasteiger partial charge in [-0.05, 0) is 11.5 Å². The number of nitrogens with one attached hydrogen (secondary N) is 2. The van der Waals surface area contributed by atoms with Crippen LogP contribution >= 0.6 is 0 Å². The number of carbonyl (C=O) groups is 3. The van der Waals surface area contributed by atoms with E-state index in [2.05, 4.69) is 20.6 Å². The Labute approximate surface area is 152 Å². The van der Waals surface area contributed by atoms with Crippen LogP contribution in [0.15, 0.2) is 48.9 Å². The van der Waals surface area contributed by atoms with E-state index >= 15 is 0 Å². The van der Waals surface area contributed by atoms with Crippen molar-refractivity contribution in [3.63, 3.8) is 0 Å². The number of aromatic nitrogens is 2. The highest BCUT2D eigenvalue weighted by atomic mass is 16.2. The minimum absolute atomic E-state index is 0.104. The van der Waals surface area contributed by atoms with E-state index in [1.807, 2.05) is 44.2 Å². The molecule has 7 nitrogen and oxygen atoms in total. The fraction of sp³-hybridized carbons (Fsp3) is 0.316. The van der Waals surface area contributed by atoms with Gasteiger partial charge in [-0.1, -0.05) is 44.2 Å². The molecule has 26 heavy (non-hydrogen) atoms. The average Bonchev–Trinajstić information content (AvgIpc) is 2.62. The van der Waals surface area contributed by atoms with Crippen molar-refractivity contribution in [1.29, 1.82) is 0 Å². The van der Waals surface area contributed by atoms with Crippen LogP contribution in [0.5, 0.6) is 0 Å². The average molecular weight is 354 g/mol. The van der Waals surface area contributed by atoms with Crippen molar-refractivity contribution in [2.75, 3.05) is 0 Å². The van der Waals surface area contributed by atoms with Gasteiger partial charge in [0.2, 0.25) is 11.8 Å². The molecule has 0 saturated carbocycles. The Morgan fingerprint density at radius 1 is 1.08 bits per heavy atom. The summed E-state index contributed by atoms with van der Waals surface area (Å²) in [6.07, 6.45) is 4.66. The third-order valence-electron chi connectivity index (χ3n) is 3.56. The molecule has 0 spiro atoms. The fourth-order valence-electron chi connectivity index (χ4n) is 2.35. The minimum Gasteiger partial charge on any atom is -0.338 e. The van der Waals surface area contributed by atoms with Crippen LogP contribution in [-0.4, -0.2) is 33.7 Å². The SMILES string of the molecule is CC(C)CC(=O)NC(=O)[C@H](Cc1ccccc1)NC(=O)c1cnccn1. The van der Waals surface area contributed by atoms with E-state index in [1.54, 1.807) is 0 Å². The zero-order chi connectivity index (χ0) is 18.9. The number of nitrogens with zero attached hydrogens (tertiary/aromatic N) is 2. The molecule has 1 aromatic heterocycles. The molecule has 0 radical (unpaired) electrons. The van der Waals surface area contributed by atoms with E-state index < -0.39 is 17.9 Å². The molecule has 136 valence electrons. The Hall–Kier alpha value is -3.09. The summed E-state index contributed by atoms with van der Waals surface area (Å²) in [5.41, 5.74) is 0.968. The molecule has 2 rings (SSSR count). The van der Waals surface area contributed by atoms with Crippen molar-refractivity contribution in [1.82, 2.24) is 20.6 Å². The van der Waals surface area contributed by atoms with Gasteiger partial charge in [0.15, 0.2) is 0 Å². The van der Waals surface area contributed by atoms with Crippen LogP contribution in [0, 0.1) is 5.92 Å². The first-order chi connectivity index (χ1) is 12.5. The Kier molecular flexibility index (Phi) is 6.96. The van der Waals surface area contributed by atoms with Gasteiger partial charge in [-0.15, -0.1) is 0 Å². The molecule has 2 aromatic rings. The Morgan fingerprint density at radius 3 is 2.42 bits per heavy atom. The van der Waals surface area contributed by atoms with Crippen molar-refractivity contribution >= 4 is 17.7 Å². The predicted molar refractivity (Wildman–Crippen MR) is 96.0 cm³/mol. The Morgan fingerprint density at radius 2 is 1.81 bits per heavy atom. The number of imide groups is 1. The molecule has 3 amide bonds. The van der Waals surface area contributed by atoms with Crippen molar-refractivity contribution in [3.8, 4) is 0 Å².